The summed E-state index contributed by atoms with van der Waals surface area (Å²) < 4.78 is 44.4. The lowest BCUT2D eigenvalue weighted by atomic mass is 10.1. The number of nitrogens with zero attached hydrogens (tertiary/aromatic N) is 3. The molecule has 9 heteroatoms. The van der Waals surface area contributed by atoms with Crippen molar-refractivity contribution in [1.82, 2.24) is 14.8 Å². The molecule has 3 rings (SSSR count). The zero-order valence-corrected chi connectivity index (χ0v) is 17.5. The van der Waals surface area contributed by atoms with Gasteiger partial charge in [0.15, 0.2) is 0 Å². The molecule has 1 aromatic heterocycles. The summed E-state index contributed by atoms with van der Waals surface area (Å²) in [6.07, 6.45) is -5.20. The second-order valence-corrected chi connectivity index (χ2v) is 6.98. The summed E-state index contributed by atoms with van der Waals surface area (Å²) in [6, 6.07) is 15.2. The van der Waals surface area contributed by atoms with Gasteiger partial charge < -0.3 is 4.74 Å². The predicted molar refractivity (Wildman–Crippen MR) is 111 cm³/mol. The van der Waals surface area contributed by atoms with Gasteiger partial charge in [0.1, 0.15) is 17.5 Å². The number of carbonyl (C=O) groups is 1. The number of hydrogen-bond donors (Lipinski definition) is 1. The molecule has 1 unspecified atom stereocenters. The number of rotatable bonds is 4. The van der Waals surface area contributed by atoms with E-state index in [9.17, 15) is 23.2 Å². The number of halogens is 3. The molecular formula is C23H20F3N3O3. The normalized spacial score (nSPS) is 12.0. The van der Waals surface area contributed by atoms with Gasteiger partial charge in [-0.2, -0.15) is 18.3 Å². The molecule has 3 aromatic rings. The Balaban J connectivity index is 1.99. The maximum atomic E-state index is 12.5. The second-order valence-electron chi connectivity index (χ2n) is 6.98. The van der Waals surface area contributed by atoms with Crippen molar-refractivity contribution in [2.45, 2.75) is 26.1 Å². The van der Waals surface area contributed by atoms with Gasteiger partial charge in [0.2, 0.25) is 0 Å². The molecule has 0 aliphatic carbocycles. The molecule has 166 valence electrons. The lowest BCUT2D eigenvalue weighted by Crippen LogP contribution is -2.43. The van der Waals surface area contributed by atoms with E-state index in [0.29, 0.717) is 11.4 Å². The first kappa shape index (κ1) is 22.9. The van der Waals surface area contributed by atoms with Crippen LogP contribution in [-0.2, 0) is 4.79 Å². The molecule has 0 radical (unpaired) electrons. The van der Waals surface area contributed by atoms with Gasteiger partial charge in [-0.05, 0) is 44.0 Å². The molecule has 1 N–H and O–H groups in total. The highest BCUT2D eigenvalue weighted by Gasteiger charge is 2.43. The number of aryl methyl sites for hydroxylation is 1. The van der Waals surface area contributed by atoms with Crippen LogP contribution in [0.5, 0.6) is 5.75 Å². The number of methoxy groups -OCH3 is 1. The minimum absolute atomic E-state index is 0.260. The highest BCUT2D eigenvalue weighted by Crippen LogP contribution is 2.25. The molecule has 1 amide bonds. The van der Waals surface area contributed by atoms with Crippen LogP contribution in [0.1, 0.15) is 18.2 Å². The molecule has 32 heavy (non-hydrogen) atoms. The molecule has 0 bridgehead atoms. The lowest BCUT2D eigenvalue weighted by molar-refractivity contribution is -0.219. The molecule has 1 heterocycles. The first-order valence-electron chi connectivity index (χ1n) is 9.52. The molecule has 0 spiro atoms. The van der Waals surface area contributed by atoms with Crippen LogP contribution in [0, 0.1) is 18.8 Å². The molecule has 2 aromatic carbocycles. The van der Waals surface area contributed by atoms with Gasteiger partial charge in [0.05, 0.1) is 18.5 Å². The summed E-state index contributed by atoms with van der Waals surface area (Å²) in [5.74, 6) is 3.35. The number of hydrogen-bond acceptors (Lipinski definition) is 4. The Hall–Kier alpha value is -3.77. The Morgan fingerprint density at radius 1 is 1.16 bits per heavy atom. The molecular weight excluding hydrogens is 423 g/mol. The van der Waals surface area contributed by atoms with Gasteiger partial charge in [-0.1, -0.05) is 35.7 Å². The van der Waals surface area contributed by atoms with Crippen LogP contribution in [-0.4, -0.2) is 45.3 Å². The van der Waals surface area contributed by atoms with Crippen molar-refractivity contribution in [3.8, 4) is 34.5 Å². The Bertz CT molecular complexity index is 1160. The molecule has 0 fully saturated rings. The average molecular weight is 443 g/mol. The second kappa shape index (κ2) is 9.16. The van der Waals surface area contributed by atoms with Crippen LogP contribution in [0.4, 0.5) is 13.2 Å². The maximum Gasteiger partial charge on any atom is 0.473 e. The first-order chi connectivity index (χ1) is 15.1. The largest absolute Gasteiger partial charge is 0.497 e. The summed E-state index contributed by atoms with van der Waals surface area (Å²) in [4.78, 5) is 11.2. The Kier molecular flexibility index (Phi) is 6.55. The van der Waals surface area contributed by atoms with E-state index in [1.807, 2.05) is 31.2 Å². The van der Waals surface area contributed by atoms with Crippen LogP contribution in [0.3, 0.4) is 0 Å². The lowest BCUT2D eigenvalue weighted by Gasteiger charge is -2.19. The molecule has 0 saturated carbocycles. The van der Waals surface area contributed by atoms with Crippen LogP contribution >= 0.6 is 0 Å². The van der Waals surface area contributed by atoms with Crippen molar-refractivity contribution in [2.75, 3.05) is 7.11 Å². The summed E-state index contributed by atoms with van der Waals surface area (Å²) in [6.45, 7) is 3.14. The Labute approximate surface area is 182 Å². The standard InChI is InChI=1S/C23H20F3N3O3/c1-15-4-7-17(8-5-15)21-14-18(9-6-16(2)29(31)22(30)23(24,25)26)27-28(21)19-10-12-20(32-3)13-11-19/h4-5,7-8,10-14,16,31H,1-3H3. The summed E-state index contributed by atoms with van der Waals surface area (Å²) in [5, 5.41) is 13.5. The van der Waals surface area contributed by atoms with E-state index in [1.54, 1.807) is 42.1 Å². The van der Waals surface area contributed by atoms with Gasteiger partial charge in [-0.25, -0.2) is 9.75 Å². The molecule has 0 saturated heterocycles. The molecule has 1 atom stereocenters. The van der Waals surface area contributed by atoms with Gasteiger partial charge >= 0.3 is 12.1 Å². The van der Waals surface area contributed by atoms with E-state index < -0.39 is 23.2 Å². The van der Waals surface area contributed by atoms with Gasteiger partial charge in [0, 0.05) is 11.6 Å². The third-order valence-corrected chi connectivity index (χ3v) is 4.60. The quantitative estimate of drug-likeness (QED) is 0.369. The summed E-state index contributed by atoms with van der Waals surface area (Å²) in [5.41, 5.74) is 3.63. The highest BCUT2D eigenvalue weighted by molar-refractivity contribution is 5.81. The van der Waals surface area contributed by atoms with Crippen LogP contribution in [0.25, 0.3) is 16.9 Å². The molecule has 0 aliphatic rings. The average Bonchev–Trinajstić information content (AvgIpc) is 3.20. The monoisotopic (exact) mass is 443 g/mol. The van der Waals surface area contributed by atoms with Crippen molar-refractivity contribution in [1.29, 1.82) is 0 Å². The van der Waals surface area contributed by atoms with Crippen molar-refractivity contribution < 1.29 is 27.9 Å². The van der Waals surface area contributed by atoms with E-state index >= 15 is 0 Å². The van der Waals surface area contributed by atoms with E-state index in [-0.39, 0.29) is 5.69 Å². The minimum atomic E-state index is -5.20. The summed E-state index contributed by atoms with van der Waals surface area (Å²) >= 11 is 0. The summed E-state index contributed by atoms with van der Waals surface area (Å²) in [7, 11) is 1.56. The predicted octanol–water partition coefficient (Wildman–Crippen LogP) is 4.38. The number of aromatic nitrogens is 2. The highest BCUT2D eigenvalue weighted by atomic mass is 19.4. The number of hydroxylamine groups is 2. The van der Waals surface area contributed by atoms with E-state index in [1.165, 1.54) is 6.92 Å². The number of ether oxygens (including phenoxy) is 1. The Morgan fingerprint density at radius 2 is 1.78 bits per heavy atom. The fraction of sp³-hybridized carbons (Fsp3) is 0.217. The van der Waals surface area contributed by atoms with E-state index in [4.69, 9.17) is 4.74 Å². The van der Waals surface area contributed by atoms with Gasteiger partial charge in [0.25, 0.3) is 0 Å². The maximum absolute atomic E-state index is 12.5. The third-order valence-electron chi connectivity index (χ3n) is 4.60. The Morgan fingerprint density at radius 3 is 2.34 bits per heavy atom. The molecule has 0 aliphatic heterocycles. The number of carbonyl (C=O) groups excluding carboxylic acids is 1. The fourth-order valence-electron chi connectivity index (χ4n) is 2.84. The van der Waals surface area contributed by atoms with Gasteiger partial charge in [-0.15, -0.1) is 0 Å². The molecule has 6 nitrogen and oxygen atoms in total. The topological polar surface area (TPSA) is 67.6 Å². The van der Waals surface area contributed by atoms with Crippen molar-refractivity contribution in [3.05, 3.63) is 65.9 Å². The van der Waals surface area contributed by atoms with Gasteiger partial charge in [-0.3, -0.25) is 10.0 Å². The zero-order chi connectivity index (χ0) is 23.5. The van der Waals surface area contributed by atoms with Crippen LogP contribution in [0.2, 0.25) is 0 Å². The van der Waals surface area contributed by atoms with Crippen LogP contribution < -0.4 is 4.74 Å². The zero-order valence-electron chi connectivity index (χ0n) is 17.5. The first-order valence-corrected chi connectivity index (χ1v) is 9.52. The van der Waals surface area contributed by atoms with Crippen molar-refractivity contribution in [2.24, 2.45) is 0 Å². The van der Waals surface area contributed by atoms with Crippen molar-refractivity contribution in [3.63, 3.8) is 0 Å². The smallest absolute Gasteiger partial charge is 0.473 e. The van der Waals surface area contributed by atoms with E-state index in [2.05, 4.69) is 16.9 Å². The number of amides is 1. The number of benzene rings is 2. The van der Waals surface area contributed by atoms with E-state index in [0.717, 1.165) is 16.8 Å². The number of alkyl halides is 3. The fourth-order valence-corrected chi connectivity index (χ4v) is 2.84. The van der Waals surface area contributed by atoms with Crippen LogP contribution in [0.15, 0.2) is 54.6 Å². The SMILES string of the molecule is COc1ccc(-n2nc(C#CC(C)N(O)C(=O)C(F)(F)F)cc2-c2ccc(C)cc2)cc1. The third kappa shape index (κ3) is 5.10. The van der Waals surface area contributed by atoms with Crippen molar-refractivity contribution >= 4 is 5.91 Å². The minimum Gasteiger partial charge on any atom is -0.497 e.